The van der Waals surface area contributed by atoms with Crippen LogP contribution in [0.3, 0.4) is 0 Å². The molecule has 1 saturated heterocycles. The number of rotatable bonds is 6. The van der Waals surface area contributed by atoms with Crippen LogP contribution in [-0.4, -0.2) is 30.2 Å². The number of Topliss-reactive ketones (excluding diaryl/α,β-unsaturated/α-hetero) is 1. The van der Waals surface area contributed by atoms with Crippen molar-refractivity contribution in [2.24, 2.45) is 5.92 Å². The predicted octanol–water partition coefficient (Wildman–Crippen LogP) is 3.89. The Hall–Kier alpha value is -0.410. The van der Waals surface area contributed by atoms with Crippen molar-refractivity contribution in [3.05, 3.63) is 0 Å². The van der Waals surface area contributed by atoms with Crippen LogP contribution in [0.5, 0.6) is 0 Å². The summed E-state index contributed by atoms with van der Waals surface area (Å²) in [5, 5.41) is 0. The van der Waals surface area contributed by atoms with E-state index in [1.54, 1.807) is 0 Å². The fourth-order valence-corrected chi connectivity index (χ4v) is 4.14. The first-order chi connectivity index (χ1) is 9.61. The quantitative estimate of drug-likeness (QED) is 0.741. The van der Waals surface area contributed by atoms with Crippen molar-refractivity contribution >= 4 is 5.78 Å². The highest BCUT2D eigenvalue weighted by Gasteiger charge is 2.46. The number of hydrogen-bond acceptors (Lipinski definition) is 3. The van der Waals surface area contributed by atoms with Crippen molar-refractivity contribution in [3.63, 3.8) is 0 Å². The molecule has 1 aliphatic carbocycles. The van der Waals surface area contributed by atoms with Gasteiger partial charge in [-0.25, -0.2) is 0 Å². The van der Waals surface area contributed by atoms with E-state index in [1.165, 1.54) is 12.8 Å². The van der Waals surface area contributed by atoms with Gasteiger partial charge in [0.1, 0.15) is 5.60 Å². The molecule has 3 heteroatoms. The standard InChI is InChI=1S/C17H30O3/c1-4-17(5-2,19-6-3)15(18)14-9-12-20-16(13-14)10-7-8-11-16/h14H,4-13H2,1-3H3. The molecule has 1 atom stereocenters. The molecule has 0 aromatic heterocycles. The van der Waals surface area contributed by atoms with Crippen LogP contribution in [0, 0.1) is 5.92 Å². The third-order valence-corrected chi connectivity index (χ3v) is 5.39. The average molecular weight is 282 g/mol. The highest BCUT2D eigenvalue weighted by molar-refractivity contribution is 5.89. The zero-order valence-electron chi connectivity index (χ0n) is 13.4. The van der Waals surface area contributed by atoms with E-state index in [4.69, 9.17) is 9.47 Å². The molecule has 0 amide bonds. The maximum Gasteiger partial charge on any atom is 0.167 e. The first-order valence-electron chi connectivity index (χ1n) is 8.43. The second-order valence-electron chi connectivity index (χ2n) is 6.43. The molecule has 20 heavy (non-hydrogen) atoms. The van der Waals surface area contributed by atoms with Gasteiger partial charge in [0, 0.05) is 19.1 Å². The molecule has 1 heterocycles. The largest absolute Gasteiger partial charge is 0.375 e. The number of carbonyl (C=O) groups excluding carboxylic acids is 1. The molecule has 1 saturated carbocycles. The second kappa shape index (κ2) is 6.57. The summed E-state index contributed by atoms with van der Waals surface area (Å²) >= 11 is 0. The summed E-state index contributed by atoms with van der Waals surface area (Å²) in [6.45, 7) is 7.48. The number of carbonyl (C=O) groups is 1. The molecule has 2 fully saturated rings. The molecular weight excluding hydrogens is 252 g/mol. The molecule has 0 bridgehead atoms. The molecule has 1 spiro atoms. The van der Waals surface area contributed by atoms with Gasteiger partial charge < -0.3 is 9.47 Å². The van der Waals surface area contributed by atoms with Crippen LogP contribution in [0.2, 0.25) is 0 Å². The van der Waals surface area contributed by atoms with E-state index in [1.807, 2.05) is 6.92 Å². The zero-order valence-corrected chi connectivity index (χ0v) is 13.4. The van der Waals surface area contributed by atoms with Crippen LogP contribution in [0.4, 0.5) is 0 Å². The third-order valence-electron chi connectivity index (χ3n) is 5.39. The van der Waals surface area contributed by atoms with Crippen molar-refractivity contribution in [3.8, 4) is 0 Å². The first kappa shape index (κ1) is 16.0. The van der Waals surface area contributed by atoms with Gasteiger partial charge in [-0.3, -0.25) is 4.79 Å². The molecule has 0 N–H and O–H groups in total. The lowest BCUT2D eigenvalue weighted by molar-refractivity contribution is -0.160. The van der Waals surface area contributed by atoms with Crippen molar-refractivity contribution in [2.75, 3.05) is 13.2 Å². The molecular formula is C17H30O3. The number of ketones is 1. The lowest BCUT2D eigenvalue weighted by Crippen LogP contribution is -2.49. The van der Waals surface area contributed by atoms with Gasteiger partial charge in [0.05, 0.1) is 5.60 Å². The molecule has 2 rings (SSSR count). The van der Waals surface area contributed by atoms with Crippen LogP contribution in [-0.2, 0) is 14.3 Å². The van der Waals surface area contributed by atoms with Crippen molar-refractivity contribution in [2.45, 2.75) is 83.3 Å². The maximum atomic E-state index is 13.0. The van der Waals surface area contributed by atoms with Gasteiger partial charge in [0.25, 0.3) is 0 Å². The predicted molar refractivity (Wildman–Crippen MR) is 79.8 cm³/mol. The van der Waals surface area contributed by atoms with Gasteiger partial charge in [-0.15, -0.1) is 0 Å². The van der Waals surface area contributed by atoms with Crippen LogP contribution < -0.4 is 0 Å². The van der Waals surface area contributed by atoms with E-state index < -0.39 is 5.60 Å². The van der Waals surface area contributed by atoms with Crippen molar-refractivity contribution in [1.29, 1.82) is 0 Å². The molecule has 1 aliphatic heterocycles. The Morgan fingerprint density at radius 1 is 1.25 bits per heavy atom. The third kappa shape index (κ3) is 2.94. The molecule has 3 nitrogen and oxygen atoms in total. The summed E-state index contributed by atoms with van der Waals surface area (Å²) < 4.78 is 12.0. The molecule has 0 aromatic carbocycles. The van der Waals surface area contributed by atoms with Gasteiger partial charge >= 0.3 is 0 Å². The number of ether oxygens (including phenoxy) is 2. The summed E-state index contributed by atoms with van der Waals surface area (Å²) in [7, 11) is 0. The minimum absolute atomic E-state index is 0.0119. The maximum absolute atomic E-state index is 13.0. The monoisotopic (exact) mass is 282 g/mol. The SMILES string of the molecule is CCOC(CC)(CC)C(=O)C1CCOC2(CCCC2)C1. The molecule has 2 aliphatic rings. The van der Waals surface area contributed by atoms with Gasteiger partial charge in [-0.05, 0) is 45.4 Å². The summed E-state index contributed by atoms with van der Waals surface area (Å²) in [6.07, 6.45) is 8.11. The van der Waals surface area contributed by atoms with E-state index >= 15 is 0 Å². The Balaban J connectivity index is 2.10. The fraction of sp³-hybridized carbons (Fsp3) is 0.941. The van der Waals surface area contributed by atoms with Gasteiger partial charge in [-0.2, -0.15) is 0 Å². The highest BCUT2D eigenvalue weighted by atomic mass is 16.5. The molecule has 0 aromatic rings. The van der Waals surface area contributed by atoms with E-state index in [2.05, 4.69) is 13.8 Å². The van der Waals surface area contributed by atoms with E-state index in [-0.39, 0.29) is 11.5 Å². The Labute approximate surface area is 123 Å². The normalized spacial score (nSPS) is 26.1. The minimum atomic E-state index is -0.559. The summed E-state index contributed by atoms with van der Waals surface area (Å²) in [6, 6.07) is 0. The van der Waals surface area contributed by atoms with Crippen LogP contribution >= 0.6 is 0 Å². The van der Waals surface area contributed by atoms with Crippen molar-refractivity contribution in [1.82, 2.24) is 0 Å². The van der Waals surface area contributed by atoms with E-state index in [9.17, 15) is 4.79 Å². The molecule has 0 radical (unpaired) electrons. The zero-order chi connectivity index (χ0) is 14.6. The van der Waals surface area contributed by atoms with Crippen molar-refractivity contribution < 1.29 is 14.3 Å². The van der Waals surface area contributed by atoms with Crippen LogP contribution in [0.25, 0.3) is 0 Å². The Morgan fingerprint density at radius 3 is 2.45 bits per heavy atom. The topological polar surface area (TPSA) is 35.5 Å². The fourth-order valence-electron chi connectivity index (χ4n) is 4.14. The molecule has 116 valence electrons. The highest BCUT2D eigenvalue weighted by Crippen LogP contribution is 2.43. The van der Waals surface area contributed by atoms with Gasteiger partial charge in [-0.1, -0.05) is 26.7 Å². The van der Waals surface area contributed by atoms with Crippen LogP contribution in [0.1, 0.15) is 72.1 Å². The van der Waals surface area contributed by atoms with Gasteiger partial charge in [0.2, 0.25) is 0 Å². The van der Waals surface area contributed by atoms with Gasteiger partial charge in [0.15, 0.2) is 5.78 Å². The van der Waals surface area contributed by atoms with E-state index in [0.29, 0.717) is 12.4 Å². The first-order valence-corrected chi connectivity index (χ1v) is 8.43. The number of hydrogen-bond donors (Lipinski definition) is 0. The lowest BCUT2D eigenvalue weighted by Gasteiger charge is -2.41. The second-order valence-corrected chi connectivity index (χ2v) is 6.43. The lowest BCUT2D eigenvalue weighted by atomic mass is 9.76. The average Bonchev–Trinajstić information content (AvgIpc) is 2.92. The Kier molecular flexibility index (Phi) is 5.25. The van der Waals surface area contributed by atoms with Crippen LogP contribution in [0.15, 0.2) is 0 Å². The molecule has 1 unspecified atom stereocenters. The Morgan fingerprint density at radius 2 is 1.90 bits per heavy atom. The van der Waals surface area contributed by atoms with E-state index in [0.717, 1.165) is 45.1 Å². The minimum Gasteiger partial charge on any atom is -0.375 e. The summed E-state index contributed by atoms with van der Waals surface area (Å²) in [4.78, 5) is 13.0. The smallest absolute Gasteiger partial charge is 0.167 e. The summed E-state index contributed by atoms with van der Waals surface area (Å²) in [5.41, 5.74) is -0.547. The Bertz CT molecular complexity index is 327. The summed E-state index contributed by atoms with van der Waals surface area (Å²) in [5.74, 6) is 0.465.